The molecule has 0 aromatic carbocycles. The molecule has 0 rings (SSSR count). The molecule has 0 radical (unpaired) electrons. The summed E-state index contributed by atoms with van der Waals surface area (Å²) in [5, 5.41) is 3.63. The van der Waals surface area contributed by atoms with Crippen LogP contribution in [0.1, 0.15) is 0 Å². The zero-order valence-corrected chi connectivity index (χ0v) is 8.07. The maximum atomic E-state index is 3.73. The molecule has 0 nitrogen and oxygen atoms in total. The van der Waals surface area contributed by atoms with Crippen LogP contribution >= 0.6 is 0 Å². The van der Waals surface area contributed by atoms with E-state index in [-0.39, 0.29) is 0 Å². The molecule has 0 aliphatic carbocycles. The van der Waals surface area contributed by atoms with Crippen molar-refractivity contribution in [3.63, 3.8) is 0 Å². The van der Waals surface area contributed by atoms with Crippen LogP contribution in [0, 0.1) is 0 Å². The molecule has 0 aromatic rings. The average Bonchev–Trinajstić information content (AvgIpc) is 1.90. The van der Waals surface area contributed by atoms with Gasteiger partial charge in [-0.05, 0) is 0 Å². The number of hydrogen-bond acceptors (Lipinski definition) is 0. The Labute approximate surface area is 69.2 Å². The summed E-state index contributed by atoms with van der Waals surface area (Å²) >= 11 is -0.628. The van der Waals surface area contributed by atoms with Crippen molar-refractivity contribution in [2.75, 3.05) is 0 Å². The van der Waals surface area contributed by atoms with Crippen molar-refractivity contribution < 1.29 is 16.0 Å². The van der Waals surface area contributed by atoms with Crippen LogP contribution in [0.15, 0.2) is 38.0 Å². The van der Waals surface area contributed by atoms with Crippen LogP contribution in [0.25, 0.3) is 0 Å². The Morgan fingerprint density at radius 1 is 0.800 bits per heavy atom. The van der Waals surface area contributed by atoms with Gasteiger partial charge in [0.15, 0.2) is 0 Å². The zero-order valence-electron chi connectivity index (χ0n) is 6.33. The predicted molar refractivity (Wildman–Crippen MR) is 45.0 cm³/mol. The van der Waals surface area contributed by atoms with E-state index in [2.05, 4.69) is 19.7 Å². The molecule has 0 spiro atoms. The Bertz CT molecular complexity index is 92.1. The quantitative estimate of drug-likeness (QED) is 0.479. The second-order valence-electron chi connectivity index (χ2n) is 1.83. The maximum absolute atomic E-state index is 3.73. The van der Waals surface area contributed by atoms with Crippen LogP contribution in [0.5, 0.6) is 0 Å². The normalized spacial score (nSPS) is 10.2. The van der Waals surface area contributed by atoms with Gasteiger partial charge in [-0.1, -0.05) is 0 Å². The molecule has 0 saturated heterocycles. The van der Waals surface area contributed by atoms with E-state index in [4.69, 9.17) is 0 Å². The molecule has 0 heterocycles. The summed E-state index contributed by atoms with van der Waals surface area (Å²) in [6.45, 7) is 11.2. The Morgan fingerprint density at radius 3 is 1.30 bits per heavy atom. The molecular formula is C9H15Ru. The van der Waals surface area contributed by atoms with E-state index in [1.807, 2.05) is 18.2 Å². The van der Waals surface area contributed by atoms with Gasteiger partial charge in [0.25, 0.3) is 0 Å². The van der Waals surface area contributed by atoms with Gasteiger partial charge in [-0.15, -0.1) is 0 Å². The van der Waals surface area contributed by atoms with Crippen molar-refractivity contribution in [1.29, 1.82) is 0 Å². The average molecular weight is 224 g/mol. The predicted octanol–water partition coefficient (Wildman–Crippen LogP) is 3.42. The van der Waals surface area contributed by atoms with E-state index in [1.165, 1.54) is 15.0 Å². The molecule has 0 aliphatic heterocycles. The van der Waals surface area contributed by atoms with Gasteiger partial charge in [-0.2, -0.15) is 0 Å². The van der Waals surface area contributed by atoms with E-state index < -0.39 is 16.0 Å². The van der Waals surface area contributed by atoms with Gasteiger partial charge in [-0.25, -0.2) is 0 Å². The van der Waals surface area contributed by atoms with Gasteiger partial charge in [0.2, 0.25) is 0 Å². The summed E-state index contributed by atoms with van der Waals surface area (Å²) < 4.78 is 0. The topological polar surface area (TPSA) is 0 Å². The molecule has 0 atom stereocenters. The first-order valence-electron chi connectivity index (χ1n) is 3.20. The first-order chi connectivity index (χ1) is 4.85. The molecule has 0 saturated carbocycles. The Balaban J connectivity index is 3.58. The summed E-state index contributed by atoms with van der Waals surface area (Å²) in [6, 6.07) is 0. The van der Waals surface area contributed by atoms with Crippen molar-refractivity contribution in [2.45, 2.75) is 15.0 Å². The Morgan fingerprint density at radius 2 is 1.10 bits per heavy atom. The van der Waals surface area contributed by atoms with E-state index in [9.17, 15) is 0 Å². The number of hydrogen-bond donors (Lipinski definition) is 0. The van der Waals surface area contributed by atoms with Crippen LogP contribution in [0.4, 0.5) is 0 Å². The molecule has 10 heavy (non-hydrogen) atoms. The molecule has 59 valence electrons. The van der Waals surface area contributed by atoms with Crippen LogP contribution in [-0.4, -0.2) is 0 Å². The molecule has 0 aliphatic rings. The molecular weight excluding hydrogens is 209 g/mol. The number of rotatable bonds is 6. The summed E-state index contributed by atoms with van der Waals surface area (Å²) in [6.07, 6.45) is 6.06. The van der Waals surface area contributed by atoms with Gasteiger partial charge in [-0.3, -0.25) is 0 Å². The molecule has 1 heteroatoms. The molecule has 0 aromatic heterocycles. The minimum atomic E-state index is -0.628. The van der Waals surface area contributed by atoms with E-state index >= 15 is 0 Å². The Kier molecular flexibility index (Phi) is 6.85. The van der Waals surface area contributed by atoms with Crippen molar-refractivity contribution in [2.24, 2.45) is 0 Å². The standard InChI is InChI=1S/3C3H5.Ru/c3*1-3-2;/h3*3H,1-2H2;. The third-order valence-corrected chi connectivity index (χ3v) is 5.43. The monoisotopic (exact) mass is 225 g/mol. The molecule has 0 N–H and O–H groups in total. The van der Waals surface area contributed by atoms with Gasteiger partial charge in [0, 0.05) is 0 Å². The third kappa shape index (κ3) is 4.70. The fourth-order valence-electron chi connectivity index (χ4n) is 0.610. The third-order valence-electron chi connectivity index (χ3n) is 0.919. The number of allylic oxidation sites excluding steroid dienone is 3. The van der Waals surface area contributed by atoms with E-state index in [0.29, 0.717) is 0 Å². The molecule has 0 unspecified atom stereocenters. The van der Waals surface area contributed by atoms with Gasteiger partial charge in [0.05, 0.1) is 0 Å². The van der Waals surface area contributed by atoms with Gasteiger partial charge >= 0.3 is 69.0 Å². The summed E-state index contributed by atoms with van der Waals surface area (Å²) in [4.78, 5) is 0. The van der Waals surface area contributed by atoms with Crippen LogP contribution < -0.4 is 0 Å². The second-order valence-corrected chi connectivity index (χ2v) is 6.57. The van der Waals surface area contributed by atoms with Crippen molar-refractivity contribution in [3.05, 3.63) is 38.0 Å². The summed E-state index contributed by atoms with van der Waals surface area (Å²) in [5.41, 5.74) is 0. The SMILES string of the molecule is C=C[CH2][Ru]([CH2]C=C)[CH2]C=C. The van der Waals surface area contributed by atoms with E-state index in [0.717, 1.165) is 0 Å². The first kappa shape index (κ1) is 9.84. The fourth-order valence-corrected chi connectivity index (χ4v) is 3.61. The van der Waals surface area contributed by atoms with Gasteiger partial charge in [0.1, 0.15) is 0 Å². The van der Waals surface area contributed by atoms with Gasteiger partial charge < -0.3 is 0 Å². The van der Waals surface area contributed by atoms with Crippen LogP contribution in [-0.2, 0) is 16.0 Å². The van der Waals surface area contributed by atoms with Crippen molar-refractivity contribution >= 4 is 0 Å². The Hall–Kier alpha value is -0.157. The van der Waals surface area contributed by atoms with Crippen molar-refractivity contribution in [3.8, 4) is 0 Å². The molecule has 0 fully saturated rings. The van der Waals surface area contributed by atoms with Crippen LogP contribution in [0.3, 0.4) is 0 Å². The molecule has 0 amide bonds. The minimum absolute atomic E-state index is 0.628. The summed E-state index contributed by atoms with van der Waals surface area (Å²) in [7, 11) is 0. The molecule has 0 bridgehead atoms. The van der Waals surface area contributed by atoms with Crippen molar-refractivity contribution in [1.82, 2.24) is 0 Å². The first-order valence-corrected chi connectivity index (χ1v) is 6.89. The zero-order chi connectivity index (χ0) is 7.82. The summed E-state index contributed by atoms with van der Waals surface area (Å²) in [5.74, 6) is 0. The van der Waals surface area contributed by atoms with E-state index in [1.54, 1.807) is 0 Å². The fraction of sp³-hybridized carbons (Fsp3) is 0.333. The second kappa shape index (κ2) is 6.96. The van der Waals surface area contributed by atoms with Crippen LogP contribution in [0.2, 0.25) is 15.0 Å².